The van der Waals surface area contributed by atoms with Gasteiger partial charge in [0.1, 0.15) is 17.4 Å². The molecule has 0 amide bonds. The number of pyridine rings is 1. The number of nitrogens with two attached hydrogens (primary N) is 1. The van der Waals surface area contributed by atoms with E-state index in [9.17, 15) is 10.1 Å². The second-order valence-corrected chi connectivity index (χ2v) is 7.72. The molecule has 0 radical (unpaired) electrons. The maximum atomic E-state index is 13.6. The molecule has 31 heavy (non-hydrogen) atoms. The van der Waals surface area contributed by atoms with Crippen LogP contribution in [0.25, 0.3) is 0 Å². The third kappa shape index (κ3) is 3.67. The molecule has 1 aromatic carbocycles. The molecule has 8 nitrogen and oxygen atoms in total. The standard InChI is InChI=1S/C23H27N3O5/c1-12(2)11-26-13(3)9-17-19(23(26)27)18(15(10-24)22(25)31-17)14-7-8-16(28-4)21(30-6)20(14)29-5/h7-9,12,18H,11,25H2,1-6H3/t18-/m1/s1. The van der Waals surface area contributed by atoms with Crippen LogP contribution in [0.4, 0.5) is 0 Å². The molecule has 3 rings (SSSR count). The predicted octanol–water partition coefficient (Wildman–Crippen LogP) is 3.06. The van der Waals surface area contributed by atoms with Gasteiger partial charge in [0.15, 0.2) is 11.5 Å². The average molecular weight is 425 g/mol. The molecule has 0 bridgehead atoms. The summed E-state index contributed by atoms with van der Waals surface area (Å²) in [5.41, 5.74) is 7.65. The van der Waals surface area contributed by atoms with Crippen LogP contribution < -0.4 is 30.2 Å². The van der Waals surface area contributed by atoms with Gasteiger partial charge in [0.25, 0.3) is 5.56 Å². The fraction of sp³-hybridized carbons (Fsp3) is 0.391. The van der Waals surface area contributed by atoms with Crippen molar-refractivity contribution in [2.45, 2.75) is 33.2 Å². The van der Waals surface area contributed by atoms with Crippen LogP contribution in [-0.4, -0.2) is 25.9 Å². The third-order valence-corrected chi connectivity index (χ3v) is 5.28. The highest BCUT2D eigenvalue weighted by atomic mass is 16.5. The van der Waals surface area contributed by atoms with Crippen LogP contribution in [0.1, 0.15) is 36.6 Å². The molecule has 2 heterocycles. The fourth-order valence-corrected chi connectivity index (χ4v) is 3.94. The summed E-state index contributed by atoms with van der Waals surface area (Å²) < 4.78 is 23.9. The molecule has 2 aromatic rings. The Hall–Kier alpha value is -3.60. The van der Waals surface area contributed by atoms with Crippen LogP contribution in [0.3, 0.4) is 0 Å². The number of benzene rings is 1. The minimum atomic E-state index is -0.782. The van der Waals surface area contributed by atoms with Crippen LogP contribution in [-0.2, 0) is 6.54 Å². The first-order valence-electron chi connectivity index (χ1n) is 9.89. The SMILES string of the molecule is COc1ccc([C@@H]2C(C#N)=C(N)Oc3cc(C)n(CC(C)C)c(=O)c32)c(OC)c1OC. The molecular formula is C23H27N3O5. The van der Waals surface area contributed by atoms with Crippen molar-refractivity contribution in [2.24, 2.45) is 11.7 Å². The predicted molar refractivity (Wildman–Crippen MR) is 116 cm³/mol. The number of nitriles is 1. The van der Waals surface area contributed by atoms with E-state index < -0.39 is 5.92 Å². The molecule has 0 saturated carbocycles. The lowest BCUT2D eigenvalue weighted by atomic mass is 9.83. The van der Waals surface area contributed by atoms with Crippen LogP contribution in [0.5, 0.6) is 23.0 Å². The fourth-order valence-electron chi connectivity index (χ4n) is 3.94. The Morgan fingerprint density at radius 2 is 1.87 bits per heavy atom. The van der Waals surface area contributed by atoms with Gasteiger partial charge >= 0.3 is 0 Å². The summed E-state index contributed by atoms with van der Waals surface area (Å²) in [6.45, 7) is 6.46. The van der Waals surface area contributed by atoms with E-state index in [1.165, 1.54) is 21.3 Å². The van der Waals surface area contributed by atoms with E-state index in [2.05, 4.69) is 6.07 Å². The van der Waals surface area contributed by atoms with Crippen LogP contribution >= 0.6 is 0 Å². The van der Waals surface area contributed by atoms with Gasteiger partial charge in [0, 0.05) is 23.9 Å². The van der Waals surface area contributed by atoms with Crippen molar-refractivity contribution in [2.75, 3.05) is 21.3 Å². The number of aryl methyl sites for hydroxylation is 1. The van der Waals surface area contributed by atoms with Crippen LogP contribution in [0.15, 0.2) is 34.4 Å². The molecule has 2 N–H and O–H groups in total. The Morgan fingerprint density at radius 3 is 2.42 bits per heavy atom. The number of aromatic nitrogens is 1. The number of allylic oxidation sites excluding steroid dienone is 1. The lowest BCUT2D eigenvalue weighted by Crippen LogP contribution is -2.33. The smallest absolute Gasteiger partial charge is 0.258 e. The van der Waals surface area contributed by atoms with Gasteiger partial charge in [0.05, 0.1) is 32.8 Å². The van der Waals surface area contributed by atoms with Crippen molar-refractivity contribution in [3.8, 4) is 29.1 Å². The molecule has 0 fully saturated rings. The minimum absolute atomic E-state index is 0.0442. The first-order valence-corrected chi connectivity index (χ1v) is 9.89. The van der Waals surface area contributed by atoms with E-state index in [0.717, 1.165) is 5.69 Å². The summed E-state index contributed by atoms with van der Waals surface area (Å²) in [5.74, 6) is 0.945. The summed E-state index contributed by atoms with van der Waals surface area (Å²) in [7, 11) is 4.51. The van der Waals surface area contributed by atoms with Gasteiger partial charge in [-0.2, -0.15) is 5.26 Å². The highest BCUT2D eigenvalue weighted by Crippen LogP contribution is 2.48. The maximum absolute atomic E-state index is 13.6. The number of rotatable bonds is 6. The summed E-state index contributed by atoms with van der Waals surface area (Å²) in [6.07, 6.45) is 0. The topological polar surface area (TPSA) is 109 Å². The lowest BCUT2D eigenvalue weighted by Gasteiger charge is -2.29. The third-order valence-electron chi connectivity index (χ3n) is 5.28. The number of nitrogens with zero attached hydrogens (tertiary/aromatic N) is 2. The first-order chi connectivity index (χ1) is 14.8. The molecule has 0 unspecified atom stereocenters. The quantitative estimate of drug-likeness (QED) is 0.757. The Morgan fingerprint density at radius 1 is 1.19 bits per heavy atom. The number of methoxy groups -OCH3 is 3. The van der Waals surface area contributed by atoms with E-state index in [1.54, 1.807) is 22.8 Å². The number of hydrogen-bond acceptors (Lipinski definition) is 7. The van der Waals surface area contributed by atoms with Gasteiger partial charge in [-0.1, -0.05) is 19.9 Å². The van der Waals surface area contributed by atoms with Crippen molar-refractivity contribution in [3.05, 3.63) is 56.8 Å². The monoisotopic (exact) mass is 425 g/mol. The summed E-state index contributed by atoms with van der Waals surface area (Å²) in [5, 5.41) is 9.90. The number of fused-ring (bicyclic) bond motifs is 1. The van der Waals surface area contributed by atoms with Gasteiger partial charge in [-0.15, -0.1) is 0 Å². The van der Waals surface area contributed by atoms with Crippen molar-refractivity contribution in [3.63, 3.8) is 0 Å². The lowest BCUT2D eigenvalue weighted by molar-refractivity contribution is 0.321. The summed E-state index contributed by atoms with van der Waals surface area (Å²) >= 11 is 0. The molecule has 0 aliphatic carbocycles. The zero-order valence-corrected chi connectivity index (χ0v) is 18.6. The molecule has 0 saturated heterocycles. The number of ether oxygens (including phenoxy) is 4. The van der Waals surface area contributed by atoms with E-state index in [-0.39, 0.29) is 22.9 Å². The second kappa shape index (κ2) is 8.64. The Kier molecular flexibility index (Phi) is 6.16. The normalized spacial score (nSPS) is 15.2. The van der Waals surface area contributed by atoms with Crippen molar-refractivity contribution < 1.29 is 18.9 Å². The minimum Gasteiger partial charge on any atom is -0.493 e. The molecule has 8 heteroatoms. The maximum Gasteiger partial charge on any atom is 0.258 e. The molecule has 1 aliphatic heterocycles. The van der Waals surface area contributed by atoms with E-state index in [4.69, 9.17) is 24.7 Å². The van der Waals surface area contributed by atoms with Crippen molar-refractivity contribution in [1.82, 2.24) is 4.57 Å². The Bertz CT molecular complexity index is 1140. The molecule has 0 spiro atoms. The molecule has 164 valence electrons. The van der Waals surface area contributed by atoms with Gasteiger partial charge in [-0.25, -0.2) is 0 Å². The molecule has 1 aromatic heterocycles. The molecule has 1 aliphatic rings. The van der Waals surface area contributed by atoms with E-state index in [0.29, 0.717) is 40.7 Å². The summed E-state index contributed by atoms with van der Waals surface area (Å²) in [4.78, 5) is 13.6. The zero-order chi connectivity index (χ0) is 22.9. The Labute approximate surface area is 181 Å². The number of hydrogen-bond donors (Lipinski definition) is 1. The zero-order valence-electron chi connectivity index (χ0n) is 18.6. The van der Waals surface area contributed by atoms with Crippen molar-refractivity contribution >= 4 is 0 Å². The van der Waals surface area contributed by atoms with Gasteiger partial charge in [0.2, 0.25) is 11.6 Å². The average Bonchev–Trinajstić information content (AvgIpc) is 2.74. The first kappa shape index (κ1) is 22.1. The van der Waals surface area contributed by atoms with Crippen LogP contribution in [0.2, 0.25) is 0 Å². The van der Waals surface area contributed by atoms with Crippen molar-refractivity contribution in [1.29, 1.82) is 5.26 Å². The highest BCUT2D eigenvalue weighted by Gasteiger charge is 2.37. The van der Waals surface area contributed by atoms with E-state index in [1.807, 2.05) is 20.8 Å². The van der Waals surface area contributed by atoms with Gasteiger partial charge < -0.3 is 29.2 Å². The summed E-state index contributed by atoms with van der Waals surface area (Å²) in [6, 6.07) is 7.35. The molecular weight excluding hydrogens is 398 g/mol. The second-order valence-electron chi connectivity index (χ2n) is 7.72. The van der Waals surface area contributed by atoms with Gasteiger partial charge in [-0.3, -0.25) is 4.79 Å². The molecule has 1 atom stereocenters. The van der Waals surface area contributed by atoms with Gasteiger partial charge in [-0.05, 0) is 18.9 Å². The van der Waals surface area contributed by atoms with Crippen LogP contribution in [0, 0.1) is 24.2 Å². The highest BCUT2D eigenvalue weighted by molar-refractivity contribution is 5.64. The van der Waals surface area contributed by atoms with E-state index >= 15 is 0 Å². The Balaban J connectivity index is 2.39. The largest absolute Gasteiger partial charge is 0.493 e.